The predicted octanol–water partition coefficient (Wildman–Crippen LogP) is 2.66. The maximum Gasteiger partial charge on any atom is 0.126 e. The Labute approximate surface area is 85.1 Å². The summed E-state index contributed by atoms with van der Waals surface area (Å²) in [5, 5.41) is 0. The second-order valence-electron chi connectivity index (χ2n) is 4.63. The molecule has 0 aliphatic heterocycles. The number of rotatable bonds is 3. The van der Waals surface area contributed by atoms with E-state index in [1.165, 1.54) is 6.07 Å². The molecule has 1 aromatic rings. The van der Waals surface area contributed by atoms with Crippen LogP contribution in [0.15, 0.2) is 18.2 Å². The third-order valence-corrected chi connectivity index (χ3v) is 2.46. The number of hydrogen-bond acceptors (Lipinski definition) is 1. The van der Waals surface area contributed by atoms with Gasteiger partial charge in [-0.25, -0.2) is 4.39 Å². The number of hydrogen-bond donors (Lipinski definition) is 1. The highest BCUT2D eigenvalue weighted by molar-refractivity contribution is 5.24. The average molecular weight is 195 g/mol. The van der Waals surface area contributed by atoms with Crippen molar-refractivity contribution in [3.05, 3.63) is 35.1 Å². The van der Waals surface area contributed by atoms with E-state index in [1.807, 2.05) is 12.1 Å². The van der Waals surface area contributed by atoms with Gasteiger partial charge < -0.3 is 5.73 Å². The van der Waals surface area contributed by atoms with Crippen LogP contribution in [0.25, 0.3) is 0 Å². The van der Waals surface area contributed by atoms with Gasteiger partial charge in [-0.1, -0.05) is 26.0 Å². The van der Waals surface area contributed by atoms with E-state index in [0.717, 1.165) is 12.0 Å². The minimum atomic E-state index is -0.140. The molecule has 2 heteroatoms. The molecule has 0 aliphatic rings. The van der Waals surface area contributed by atoms with Gasteiger partial charge in [0, 0.05) is 0 Å². The van der Waals surface area contributed by atoms with Crippen LogP contribution in [0.2, 0.25) is 0 Å². The molecule has 0 bridgehead atoms. The Hall–Kier alpha value is -0.890. The van der Waals surface area contributed by atoms with Crippen LogP contribution >= 0.6 is 0 Å². The quantitative estimate of drug-likeness (QED) is 0.788. The van der Waals surface area contributed by atoms with Crippen molar-refractivity contribution in [2.24, 2.45) is 11.1 Å². The summed E-state index contributed by atoms with van der Waals surface area (Å²) in [6, 6.07) is 5.25. The van der Waals surface area contributed by atoms with Crippen molar-refractivity contribution in [3.8, 4) is 0 Å². The third-order valence-electron chi connectivity index (χ3n) is 2.46. The van der Waals surface area contributed by atoms with Crippen LogP contribution in [0.5, 0.6) is 0 Å². The molecule has 1 nitrogen and oxygen atoms in total. The van der Waals surface area contributed by atoms with Gasteiger partial charge in [-0.3, -0.25) is 0 Å². The first kappa shape index (κ1) is 11.2. The lowest BCUT2D eigenvalue weighted by atomic mass is 9.85. The summed E-state index contributed by atoms with van der Waals surface area (Å²) >= 11 is 0. The molecule has 0 aromatic heterocycles. The fourth-order valence-electron chi connectivity index (χ4n) is 1.44. The van der Waals surface area contributed by atoms with Gasteiger partial charge >= 0.3 is 0 Å². The van der Waals surface area contributed by atoms with E-state index in [2.05, 4.69) is 13.8 Å². The fraction of sp³-hybridized carbons (Fsp3) is 0.500. The van der Waals surface area contributed by atoms with Crippen molar-refractivity contribution in [2.75, 3.05) is 6.54 Å². The summed E-state index contributed by atoms with van der Waals surface area (Å²) < 4.78 is 13.0. The van der Waals surface area contributed by atoms with Crippen molar-refractivity contribution in [3.63, 3.8) is 0 Å². The largest absolute Gasteiger partial charge is 0.330 e. The minimum Gasteiger partial charge on any atom is -0.330 e. The van der Waals surface area contributed by atoms with Crippen molar-refractivity contribution < 1.29 is 4.39 Å². The van der Waals surface area contributed by atoms with Crippen molar-refractivity contribution in [2.45, 2.75) is 27.2 Å². The molecular weight excluding hydrogens is 177 g/mol. The van der Waals surface area contributed by atoms with Gasteiger partial charge in [-0.15, -0.1) is 0 Å². The summed E-state index contributed by atoms with van der Waals surface area (Å²) in [6.07, 6.45) is 0.893. The van der Waals surface area contributed by atoms with Gasteiger partial charge in [-0.05, 0) is 42.5 Å². The van der Waals surface area contributed by atoms with Crippen molar-refractivity contribution in [1.29, 1.82) is 0 Å². The Morgan fingerprint density at radius 3 is 2.50 bits per heavy atom. The molecule has 0 saturated carbocycles. The van der Waals surface area contributed by atoms with Gasteiger partial charge in [-0.2, -0.15) is 0 Å². The van der Waals surface area contributed by atoms with E-state index in [1.54, 1.807) is 6.92 Å². The molecule has 0 amide bonds. The molecule has 0 saturated heterocycles. The lowest BCUT2D eigenvalue weighted by Crippen LogP contribution is -2.25. The maximum atomic E-state index is 13.0. The molecule has 78 valence electrons. The summed E-state index contributed by atoms with van der Waals surface area (Å²) in [4.78, 5) is 0. The normalized spacial score (nSPS) is 11.8. The highest BCUT2D eigenvalue weighted by Gasteiger charge is 2.16. The van der Waals surface area contributed by atoms with E-state index in [9.17, 15) is 4.39 Å². The first-order valence-electron chi connectivity index (χ1n) is 4.90. The number of aryl methyl sites for hydroxylation is 1. The second kappa shape index (κ2) is 4.09. The third kappa shape index (κ3) is 2.81. The van der Waals surface area contributed by atoms with E-state index in [4.69, 9.17) is 5.73 Å². The van der Waals surface area contributed by atoms with Crippen LogP contribution < -0.4 is 5.73 Å². The zero-order valence-corrected chi connectivity index (χ0v) is 9.10. The van der Waals surface area contributed by atoms with Gasteiger partial charge in [0.2, 0.25) is 0 Å². The smallest absolute Gasteiger partial charge is 0.126 e. The van der Waals surface area contributed by atoms with E-state index >= 15 is 0 Å². The highest BCUT2D eigenvalue weighted by atomic mass is 19.1. The summed E-state index contributed by atoms with van der Waals surface area (Å²) in [6.45, 7) is 6.66. The zero-order valence-electron chi connectivity index (χ0n) is 9.10. The van der Waals surface area contributed by atoms with E-state index in [-0.39, 0.29) is 11.2 Å². The van der Waals surface area contributed by atoms with Gasteiger partial charge in [0.15, 0.2) is 0 Å². The molecule has 2 N–H and O–H groups in total. The Kier molecular flexibility index (Phi) is 3.27. The molecule has 14 heavy (non-hydrogen) atoms. The molecule has 0 aliphatic carbocycles. The molecule has 0 heterocycles. The summed E-state index contributed by atoms with van der Waals surface area (Å²) in [5.74, 6) is -0.140. The van der Waals surface area contributed by atoms with Crippen molar-refractivity contribution >= 4 is 0 Å². The first-order valence-corrected chi connectivity index (χ1v) is 4.90. The number of halogens is 1. The lowest BCUT2D eigenvalue weighted by Gasteiger charge is -2.22. The summed E-state index contributed by atoms with van der Waals surface area (Å²) in [7, 11) is 0. The molecular formula is C12H18FN. The number of nitrogens with two attached hydrogens (primary N) is 1. The maximum absolute atomic E-state index is 13.0. The van der Waals surface area contributed by atoms with E-state index in [0.29, 0.717) is 12.1 Å². The van der Waals surface area contributed by atoms with E-state index < -0.39 is 0 Å². The molecule has 0 radical (unpaired) electrons. The lowest BCUT2D eigenvalue weighted by molar-refractivity contribution is 0.376. The summed E-state index contributed by atoms with van der Waals surface area (Å²) in [5.41, 5.74) is 7.59. The SMILES string of the molecule is Cc1cc(CC(C)(C)CN)ccc1F. The fourth-order valence-corrected chi connectivity index (χ4v) is 1.44. The average Bonchev–Trinajstić information content (AvgIpc) is 2.11. The van der Waals surface area contributed by atoms with Crippen LogP contribution in [-0.4, -0.2) is 6.54 Å². The van der Waals surface area contributed by atoms with Gasteiger partial charge in [0.25, 0.3) is 0 Å². The first-order chi connectivity index (χ1) is 6.44. The standard InChI is InChI=1S/C12H18FN/c1-9-6-10(4-5-11(9)13)7-12(2,3)8-14/h4-6H,7-8,14H2,1-3H3. The molecule has 0 unspecified atom stereocenters. The molecule has 1 aromatic carbocycles. The highest BCUT2D eigenvalue weighted by Crippen LogP contribution is 2.21. The Morgan fingerprint density at radius 1 is 1.36 bits per heavy atom. The predicted molar refractivity (Wildman–Crippen MR) is 57.7 cm³/mol. The topological polar surface area (TPSA) is 26.0 Å². The number of benzene rings is 1. The second-order valence-corrected chi connectivity index (χ2v) is 4.63. The van der Waals surface area contributed by atoms with Gasteiger partial charge in [0.05, 0.1) is 0 Å². The molecule has 0 fully saturated rings. The monoisotopic (exact) mass is 195 g/mol. The molecule has 0 atom stereocenters. The Bertz CT molecular complexity index is 318. The Balaban J connectivity index is 2.83. The minimum absolute atomic E-state index is 0.0876. The zero-order chi connectivity index (χ0) is 10.8. The van der Waals surface area contributed by atoms with Crippen LogP contribution in [0.1, 0.15) is 25.0 Å². The van der Waals surface area contributed by atoms with Gasteiger partial charge in [0.1, 0.15) is 5.82 Å². The van der Waals surface area contributed by atoms with Crippen LogP contribution in [-0.2, 0) is 6.42 Å². The Morgan fingerprint density at radius 2 is 2.00 bits per heavy atom. The van der Waals surface area contributed by atoms with Crippen LogP contribution in [0.4, 0.5) is 4.39 Å². The van der Waals surface area contributed by atoms with Crippen LogP contribution in [0.3, 0.4) is 0 Å². The van der Waals surface area contributed by atoms with Crippen LogP contribution in [0, 0.1) is 18.2 Å². The molecule has 0 spiro atoms. The molecule has 1 rings (SSSR count). The van der Waals surface area contributed by atoms with Crippen molar-refractivity contribution in [1.82, 2.24) is 0 Å².